The van der Waals surface area contributed by atoms with Crippen molar-refractivity contribution in [3.05, 3.63) is 47.5 Å². The molecule has 34 heavy (non-hydrogen) atoms. The van der Waals surface area contributed by atoms with E-state index in [9.17, 15) is 19.8 Å². The van der Waals surface area contributed by atoms with E-state index in [0.29, 0.717) is 12.8 Å². The molecule has 0 saturated carbocycles. The molecule has 1 unspecified atom stereocenters. The minimum absolute atomic E-state index is 0.0367. The molecule has 8 heteroatoms. The number of esters is 2. The molecular formula is C26H36O8. The summed E-state index contributed by atoms with van der Waals surface area (Å²) in [6, 6.07) is 8.40. The number of phenols is 2. The van der Waals surface area contributed by atoms with E-state index in [1.165, 1.54) is 50.6 Å². The molecule has 0 aliphatic heterocycles. The molecule has 0 radical (unpaired) electrons. The molecule has 2 N–H and O–H groups in total. The first-order chi connectivity index (χ1) is 16.0. The largest absolute Gasteiger partial charge is 0.504 e. The number of benzene rings is 2. The highest BCUT2D eigenvalue weighted by Gasteiger charge is 2.24. The zero-order valence-electron chi connectivity index (χ0n) is 21.0. The molecular weight excluding hydrogens is 440 g/mol. The van der Waals surface area contributed by atoms with Gasteiger partial charge < -0.3 is 29.2 Å². The molecule has 1 atom stereocenters. The van der Waals surface area contributed by atoms with E-state index in [4.69, 9.17) is 18.9 Å². The molecule has 0 bridgehead atoms. The Hall–Kier alpha value is -3.42. The standard InChI is InChI=1S/C24H30O8.C2H6/c1-24(2,3)14-17(32-23(28)16-7-9-19(26)21(13-16)30-5)10-11-31-22(27)15-6-8-18(25)20(12-15)29-4;1-2/h6-9,12-13,17,25-26H,10-11,14H2,1-5H3;1-2H3. The maximum Gasteiger partial charge on any atom is 0.338 e. The monoisotopic (exact) mass is 476 g/mol. The summed E-state index contributed by atoms with van der Waals surface area (Å²) in [5.74, 6) is -0.951. The van der Waals surface area contributed by atoms with Crippen LogP contribution < -0.4 is 9.47 Å². The molecule has 0 heterocycles. The van der Waals surface area contributed by atoms with Gasteiger partial charge in [0.1, 0.15) is 6.10 Å². The molecule has 0 amide bonds. The topological polar surface area (TPSA) is 112 Å². The third-order valence-electron chi connectivity index (χ3n) is 4.62. The van der Waals surface area contributed by atoms with Crippen molar-refractivity contribution in [1.82, 2.24) is 0 Å². The Morgan fingerprint density at radius 1 is 0.853 bits per heavy atom. The molecule has 0 aliphatic rings. The van der Waals surface area contributed by atoms with Crippen molar-refractivity contribution in [2.24, 2.45) is 5.41 Å². The lowest BCUT2D eigenvalue weighted by atomic mass is 9.88. The highest BCUT2D eigenvalue weighted by molar-refractivity contribution is 5.91. The Kier molecular flexibility index (Phi) is 11.2. The van der Waals surface area contributed by atoms with E-state index in [1.54, 1.807) is 0 Å². The number of hydrogen-bond donors (Lipinski definition) is 2. The summed E-state index contributed by atoms with van der Waals surface area (Å²) < 4.78 is 21.0. The van der Waals surface area contributed by atoms with Gasteiger partial charge in [-0.1, -0.05) is 34.6 Å². The van der Waals surface area contributed by atoms with Crippen LogP contribution in [0.5, 0.6) is 23.0 Å². The number of ether oxygens (including phenoxy) is 4. The predicted molar refractivity (Wildman–Crippen MR) is 129 cm³/mol. The van der Waals surface area contributed by atoms with Gasteiger partial charge in [-0.25, -0.2) is 9.59 Å². The highest BCUT2D eigenvalue weighted by Crippen LogP contribution is 2.29. The van der Waals surface area contributed by atoms with Crippen LogP contribution in [-0.4, -0.2) is 49.1 Å². The van der Waals surface area contributed by atoms with Gasteiger partial charge >= 0.3 is 11.9 Å². The summed E-state index contributed by atoms with van der Waals surface area (Å²) in [5.41, 5.74) is 0.346. The third kappa shape index (κ3) is 8.84. The molecule has 8 nitrogen and oxygen atoms in total. The van der Waals surface area contributed by atoms with Gasteiger partial charge in [-0.15, -0.1) is 0 Å². The van der Waals surface area contributed by atoms with Gasteiger partial charge in [0.15, 0.2) is 23.0 Å². The molecule has 2 aromatic carbocycles. The summed E-state index contributed by atoms with van der Waals surface area (Å²) in [6.45, 7) is 10.1. The minimum atomic E-state index is -0.576. The second-order valence-corrected chi connectivity index (χ2v) is 8.49. The van der Waals surface area contributed by atoms with Crippen LogP contribution in [0.25, 0.3) is 0 Å². The van der Waals surface area contributed by atoms with Gasteiger partial charge in [0.2, 0.25) is 0 Å². The van der Waals surface area contributed by atoms with Crippen molar-refractivity contribution in [1.29, 1.82) is 0 Å². The predicted octanol–water partition coefficient (Wildman–Crippen LogP) is 5.35. The van der Waals surface area contributed by atoms with Crippen LogP contribution in [-0.2, 0) is 9.47 Å². The van der Waals surface area contributed by atoms with Gasteiger partial charge in [-0.05, 0) is 48.2 Å². The van der Waals surface area contributed by atoms with Gasteiger partial charge in [0.25, 0.3) is 0 Å². The smallest absolute Gasteiger partial charge is 0.338 e. The van der Waals surface area contributed by atoms with E-state index in [2.05, 4.69) is 0 Å². The lowest BCUT2D eigenvalue weighted by molar-refractivity contribution is 0.00845. The summed E-state index contributed by atoms with van der Waals surface area (Å²) >= 11 is 0. The van der Waals surface area contributed by atoms with E-state index in [-0.39, 0.29) is 46.1 Å². The van der Waals surface area contributed by atoms with Gasteiger partial charge in [-0.3, -0.25) is 0 Å². The first-order valence-corrected chi connectivity index (χ1v) is 11.2. The Morgan fingerprint density at radius 2 is 1.32 bits per heavy atom. The van der Waals surface area contributed by atoms with Gasteiger partial charge in [0.05, 0.1) is 32.0 Å². The number of methoxy groups -OCH3 is 2. The molecule has 2 aromatic rings. The molecule has 188 valence electrons. The zero-order valence-corrected chi connectivity index (χ0v) is 21.0. The van der Waals surface area contributed by atoms with Gasteiger partial charge in [0, 0.05) is 6.42 Å². The zero-order chi connectivity index (χ0) is 25.9. The number of carbonyl (C=O) groups is 2. The Bertz CT molecular complexity index is 946. The van der Waals surface area contributed by atoms with Crippen LogP contribution in [0.3, 0.4) is 0 Å². The van der Waals surface area contributed by atoms with E-state index in [1.807, 2.05) is 34.6 Å². The Morgan fingerprint density at radius 3 is 1.76 bits per heavy atom. The van der Waals surface area contributed by atoms with Crippen molar-refractivity contribution in [2.75, 3.05) is 20.8 Å². The van der Waals surface area contributed by atoms with E-state index < -0.39 is 18.0 Å². The van der Waals surface area contributed by atoms with Crippen molar-refractivity contribution in [3.63, 3.8) is 0 Å². The summed E-state index contributed by atoms with van der Waals surface area (Å²) in [4.78, 5) is 25.0. The molecule has 0 saturated heterocycles. The summed E-state index contributed by atoms with van der Waals surface area (Å²) in [5, 5.41) is 19.4. The lowest BCUT2D eigenvalue weighted by Gasteiger charge is -2.26. The maximum absolute atomic E-state index is 12.6. The Labute approximate surface area is 201 Å². The fourth-order valence-electron chi connectivity index (χ4n) is 3.08. The number of carbonyl (C=O) groups excluding carboxylic acids is 2. The molecule has 0 aromatic heterocycles. The summed E-state index contributed by atoms with van der Waals surface area (Å²) in [6.07, 6.45) is 0.363. The lowest BCUT2D eigenvalue weighted by Crippen LogP contribution is -2.26. The van der Waals surface area contributed by atoms with E-state index >= 15 is 0 Å². The average molecular weight is 477 g/mol. The van der Waals surface area contributed by atoms with Crippen LogP contribution >= 0.6 is 0 Å². The van der Waals surface area contributed by atoms with Crippen LogP contribution in [0.4, 0.5) is 0 Å². The normalized spacial score (nSPS) is 11.5. The molecule has 0 aliphatic carbocycles. The van der Waals surface area contributed by atoms with Crippen molar-refractivity contribution in [3.8, 4) is 23.0 Å². The quantitative estimate of drug-likeness (QED) is 0.466. The fraction of sp³-hybridized carbons (Fsp3) is 0.462. The number of rotatable bonds is 9. The molecule has 0 spiro atoms. The number of hydrogen-bond acceptors (Lipinski definition) is 8. The van der Waals surface area contributed by atoms with Crippen LogP contribution in [0.1, 0.15) is 68.2 Å². The average Bonchev–Trinajstić information content (AvgIpc) is 2.79. The summed E-state index contributed by atoms with van der Waals surface area (Å²) in [7, 11) is 2.78. The second kappa shape index (κ2) is 13.3. The number of phenolic OH excluding ortho intramolecular Hbond substituents is 2. The highest BCUT2D eigenvalue weighted by atomic mass is 16.6. The minimum Gasteiger partial charge on any atom is -0.504 e. The Balaban J connectivity index is 0.00000281. The van der Waals surface area contributed by atoms with Gasteiger partial charge in [-0.2, -0.15) is 0 Å². The van der Waals surface area contributed by atoms with Crippen molar-refractivity contribution in [2.45, 2.75) is 53.6 Å². The first kappa shape index (κ1) is 28.6. The fourth-order valence-corrected chi connectivity index (χ4v) is 3.08. The van der Waals surface area contributed by atoms with Crippen LogP contribution in [0, 0.1) is 5.41 Å². The maximum atomic E-state index is 12.6. The van der Waals surface area contributed by atoms with E-state index in [0.717, 1.165) is 0 Å². The van der Waals surface area contributed by atoms with Crippen LogP contribution in [0.2, 0.25) is 0 Å². The number of aromatic hydroxyl groups is 2. The van der Waals surface area contributed by atoms with Crippen molar-refractivity contribution >= 4 is 11.9 Å². The van der Waals surface area contributed by atoms with Crippen LogP contribution in [0.15, 0.2) is 36.4 Å². The van der Waals surface area contributed by atoms with Crippen molar-refractivity contribution < 1.29 is 38.7 Å². The second-order valence-electron chi connectivity index (χ2n) is 8.49. The molecule has 2 rings (SSSR count). The molecule has 0 fully saturated rings. The SMILES string of the molecule is CC.COc1cc(C(=O)OCCC(CC(C)(C)C)OC(=O)c2ccc(O)c(OC)c2)ccc1O. The first-order valence-electron chi connectivity index (χ1n) is 11.2. The third-order valence-corrected chi connectivity index (χ3v) is 4.62.